The average molecular weight is 278 g/mol. The number of anilines is 2. The van der Waals surface area contributed by atoms with Crippen molar-refractivity contribution in [3.8, 4) is 0 Å². The molecule has 0 aliphatic rings. The quantitative estimate of drug-likeness (QED) is 0.801. The molecule has 2 N–H and O–H groups in total. The van der Waals surface area contributed by atoms with E-state index >= 15 is 0 Å². The second kappa shape index (κ2) is 6.51. The lowest BCUT2D eigenvalue weighted by molar-refractivity contribution is 0.182. The van der Waals surface area contributed by atoms with Crippen LogP contribution in [-0.2, 0) is 4.74 Å². The molecule has 0 saturated carbocycles. The molecule has 0 spiro atoms. The van der Waals surface area contributed by atoms with Gasteiger partial charge in [0.05, 0.1) is 19.0 Å². The summed E-state index contributed by atoms with van der Waals surface area (Å²) in [7, 11) is 1.71. The maximum absolute atomic E-state index is 5.25. The highest BCUT2D eigenvalue weighted by molar-refractivity contribution is 5.84. The van der Waals surface area contributed by atoms with E-state index in [2.05, 4.69) is 44.0 Å². The zero-order valence-corrected chi connectivity index (χ0v) is 12.5. The van der Waals surface area contributed by atoms with Crippen molar-refractivity contribution in [1.82, 2.24) is 19.9 Å². The van der Waals surface area contributed by atoms with Crippen LogP contribution in [0, 0.1) is 0 Å². The molecule has 2 heterocycles. The van der Waals surface area contributed by atoms with Crippen molar-refractivity contribution in [3.05, 3.63) is 6.33 Å². The summed E-state index contributed by atoms with van der Waals surface area (Å²) in [4.78, 5) is 18.5. The molecule has 110 valence electrons. The number of nitrogens with one attached hydrogen (secondary N) is 2. The Bertz CT molecular complexity index is 555. The first-order chi connectivity index (χ1) is 9.71. The molecule has 0 amide bonds. The minimum absolute atomic E-state index is 0.223. The average Bonchev–Trinajstić information content (AvgIpc) is 2.88. The van der Waals surface area contributed by atoms with Crippen LogP contribution in [0.15, 0.2) is 6.33 Å². The fraction of sp³-hybridized carbons (Fsp3) is 0.615. The highest BCUT2D eigenvalue weighted by atomic mass is 16.5. The molecule has 0 radical (unpaired) electrons. The summed E-state index contributed by atoms with van der Waals surface area (Å²) in [6.45, 7) is 8.48. The molecule has 0 fully saturated rings. The molecular formula is C13H22N6O. The number of hydrogen-bond acceptors (Lipinski definition) is 6. The van der Waals surface area contributed by atoms with Gasteiger partial charge in [-0.25, -0.2) is 4.98 Å². The maximum atomic E-state index is 5.25. The van der Waals surface area contributed by atoms with Crippen molar-refractivity contribution < 1.29 is 4.74 Å². The summed E-state index contributed by atoms with van der Waals surface area (Å²) in [5.74, 6) is 1.46. The molecular weight excluding hydrogens is 256 g/mol. The molecule has 2 aromatic heterocycles. The molecule has 1 atom stereocenters. The van der Waals surface area contributed by atoms with Crippen molar-refractivity contribution >= 4 is 22.9 Å². The van der Waals surface area contributed by atoms with E-state index in [4.69, 9.17) is 4.74 Å². The van der Waals surface area contributed by atoms with Gasteiger partial charge in [-0.3, -0.25) is 0 Å². The maximum Gasteiger partial charge on any atom is 0.226 e. The Hall–Kier alpha value is -1.89. The first-order valence-corrected chi connectivity index (χ1v) is 6.91. The topological polar surface area (TPSA) is 79.0 Å². The third kappa shape index (κ3) is 2.82. The monoisotopic (exact) mass is 278 g/mol. The van der Waals surface area contributed by atoms with Crippen LogP contribution in [0.5, 0.6) is 0 Å². The van der Waals surface area contributed by atoms with E-state index in [1.807, 2.05) is 6.92 Å². The minimum Gasteiger partial charge on any atom is -0.383 e. The normalized spacial score (nSPS) is 12.6. The molecule has 2 aromatic rings. The molecule has 0 aromatic carbocycles. The second-order valence-corrected chi connectivity index (χ2v) is 4.59. The van der Waals surface area contributed by atoms with Gasteiger partial charge in [-0.05, 0) is 20.8 Å². The van der Waals surface area contributed by atoms with E-state index < -0.39 is 0 Å². The zero-order valence-electron chi connectivity index (χ0n) is 12.5. The number of aromatic nitrogens is 4. The predicted octanol–water partition coefficient (Wildman–Crippen LogP) is 1.65. The Balaban J connectivity index is 2.46. The van der Waals surface area contributed by atoms with Crippen LogP contribution in [0.4, 0.5) is 11.8 Å². The third-order valence-electron chi connectivity index (χ3n) is 3.15. The molecule has 2 rings (SSSR count). The van der Waals surface area contributed by atoms with E-state index in [0.29, 0.717) is 18.2 Å². The number of ether oxygens (including phenoxy) is 1. The summed E-state index contributed by atoms with van der Waals surface area (Å²) in [5, 5.41) is 3.15. The molecule has 20 heavy (non-hydrogen) atoms. The number of aromatic amines is 1. The van der Waals surface area contributed by atoms with Gasteiger partial charge in [0.1, 0.15) is 5.52 Å². The van der Waals surface area contributed by atoms with Crippen molar-refractivity contribution in [2.45, 2.75) is 26.8 Å². The van der Waals surface area contributed by atoms with Crippen LogP contribution < -0.4 is 10.2 Å². The first-order valence-electron chi connectivity index (χ1n) is 6.91. The van der Waals surface area contributed by atoms with Gasteiger partial charge >= 0.3 is 0 Å². The van der Waals surface area contributed by atoms with Crippen molar-refractivity contribution in [2.75, 3.05) is 37.0 Å². The molecule has 7 heteroatoms. The smallest absolute Gasteiger partial charge is 0.226 e. The van der Waals surface area contributed by atoms with Crippen molar-refractivity contribution in [1.29, 1.82) is 0 Å². The van der Waals surface area contributed by atoms with Crippen LogP contribution in [0.3, 0.4) is 0 Å². The lowest BCUT2D eigenvalue weighted by Crippen LogP contribution is -2.37. The predicted molar refractivity (Wildman–Crippen MR) is 80.2 cm³/mol. The van der Waals surface area contributed by atoms with E-state index in [-0.39, 0.29) is 6.04 Å². The van der Waals surface area contributed by atoms with Gasteiger partial charge in [0.15, 0.2) is 11.5 Å². The summed E-state index contributed by atoms with van der Waals surface area (Å²) in [5.41, 5.74) is 1.53. The minimum atomic E-state index is 0.223. The highest BCUT2D eigenvalue weighted by Gasteiger charge is 2.19. The molecule has 0 saturated heterocycles. The van der Waals surface area contributed by atoms with Gasteiger partial charge in [-0.15, -0.1) is 0 Å². The lowest BCUT2D eigenvalue weighted by Gasteiger charge is -2.29. The van der Waals surface area contributed by atoms with E-state index in [0.717, 1.165) is 24.4 Å². The van der Waals surface area contributed by atoms with Crippen LogP contribution in [0.2, 0.25) is 0 Å². The Labute approximate surface area is 118 Å². The summed E-state index contributed by atoms with van der Waals surface area (Å²) in [6.07, 6.45) is 1.65. The van der Waals surface area contributed by atoms with Gasteiger partial charge in [-0.2, -0.15) is 9.97 Å². The van der Waals surface area contributed by atoms with Crippen LogP contribution >= 0.6 is 0 Å². The van der Waals surface area contributed by atoms with E-state index in [9.17, 15) is 0 Å². The number of H-pyrrole nitrogens is 1. The molecule has 0 bridgehead atoms. The number of hydrogen-bond donors (Lipinski definition) is 2. The number of rotatable bonds is 7. The molecule has 0 aliphatic heterocycles. The highest BCUT2D eigenvalue weighted by Crippen LogP contribution is 2.24. The van der Waals surface area contributed by atoms with Gasteiger partial charge in [0.2, 0.25) is 5.95 Å². The standard InChI is InChI=1S/C13H22N6O/c1-5-14-13-17-11-10(15-8-16-11)12(18-13)19(6-2)9(3)7-20-4/h8-9H,5-7H2,1-4H3,(H2,14,15,16,17,18). The van der Waals surface area contributed by atoms with Gasteiger partial charge in [0, 0.05) is 20.2 Å². The number of imidazole rings is 1. The van der Waals surface area contributed by atoms with Gasteiger partial charge < -0.3 is 19.9 Å². The van der Waals surface area contributed by atoms with Crippen molar-refractivity contribution in [3.63, 3.8) is 0 Å². The van der Waals surface area contributed by atoms with E-state index in [1.165, 1.54) is 0 Å². The summed E-state index contributed by atoms with van der Waals surface area (Å²) in [6, 6.07) is 0.223. The Morgan fingerprint density at radius 2 is 2.20 bits per heavy atom. The van der Waals surface area contributed by atoms with Crippen molar-refractivity contribution in [2.24, 2.45) is 0 Å². The number of methoxy groups -OCH3 is 1. The SMILES string of the molecule is CCNc1nc(N(CC)C(C)COC)c2[nH]cnc2n1. The lowest BCUT2D eigenvalue weighted by atomic mass is 10.3. The second-order valence-electron chi connectivity index (χ2n) is 4.59. The zero-order chi connectivity index (χ0) is 14.5. The van der Waals surface area contributed by atoms with E-state index in [1.54, 1.807) is 13.4 Å². The van der Waals surface area contributed by atoms with Gasteiger partial charge in [0.25, 0.3) is 0 Å². The molecule has 7 nitrogen and oxygen atoms in total. The summed E-state index contributed by atoms with van der Waals surface area (Å²) >= 11 is 0. The van der Waals surface area contributed by atoms with Gasteiger partial charge in [-0.1, -0.05) is 0 Å². The third-order valence-corrected chi connectivity index (χ3v) is 3.15. The molecule has 0 aliphatic carbocycles. The fourth-order valence-electron chi connectivity index (χ4n) is 2.26. The molecule has 1 unspecified atom stereocenters. The Morgan fingerprint density at radius 1 is 1.40 bits per heavy atom. The Kier molecular flexibility index (Phi) is 4.73. The largest absolute Gasteiger partial charge is 0.383 e. The fourth-order valence-corrected chi connectivity index (χ4v) is 2.26. The number of nitrogens with zero attached hydrogens (tertiary/aromatic N) is 4. The first kappa shape index (κ1) is 14.5. The summed E-state index contributed by atoms with van der Waals surface area (Å²) < 4.78 is 5.25. The number of likely N-dealkylation sites (N-methyl/N-ethyl adjacent to an activating group) is 1. The van der Waals surface area contributed by atoms with Crippen LogP contribution in [0.25, 0.3) is 11.2 Å². The number of fused-ring (bicyclic) bond motifs is 1. The Morgan fingerprint density at radius 3 is 2.85 bits per heavy atom. The van der Waals surface area contributed by atoms with Crippen LogP contribution in [0.1, 0.15) is 20.8 Å². The van der Waals surface area contributed by atoms with Crippen LogP contribution in [-0.4, -0.2) is 52.8 Å².